The molecular formula is C8H15NS. The maximum Gasteiger partial charge on any atom is 0.0156 e. The second-order valence-corrected chi connectivity index (χ2v) is 4.38. The third kappa shape index (κ3) is 1.67. The van der Waals surface area contributed by atoms with Crippen molar-refractivity contribution in [3.8, 4) is 0 Å². The lowest BCUT2D eigenvalue weighted by Gasteiger charge is -2.13. The normalized spacial score (nSPS) is 35.1. The molecule has 0 bridgehead atoms. The molecule has 0 spiro atoms. The van der Waals surface area contributed by atoms with Gasteiger partial charge in [0.2, 0.25) is 0 Å². The van der Waals surface area contributed by atoms with Gasteiger partial charge in [-0.25, -0.2) is 0 Å². The first-order valence-electron chi connectivity index (χ1n) is 4.25. The van der Waals surface area contributed by atoms with Crippen LogP contribution in [0.1, 0.15) is 19.3 Å². The molecule has 1 unspecified atom stereocenters. The van der Waals surface area contributed by atoms with Gasteiger partial charge in [-0.2, -0.15) is 12.6 Å². The maximum absolute atomic E-state index is 4.45. The van der Waals surface area contributed by atoms with Gasteiger partial charge in [-0.05, 0) is 31.7 Å². The summed E-state index contributed by atoms with van der Waals surface area (Å²) in [4.78, 5) is 2.56. The highest BCUT2D eigenvalue weighted by Gasteiger charge is 2.27. The fourth-order valence-electron chi connectivity index (χ4n) is 1.64. The van der Waals surface area contributed by atoms with Gasteiger partial charge < -0.3 is 4.90 Å². The highest BCUT2D eigenvalue weighted by atomic mass is 32.1. The summed E-state index contributed by atoms with van der Waals surface area (Å²) in [5, 5.41) is 0.666. The van der Waals surface area contributed by atoms with Crippen molar-refractivity contribution in [2.45, 2.75) is 24.5 Å². The largest absolute Gasteiger partial charge is 0.302 e. The van der Waals surface area contributed by atoms with E-state index in [0.717, 1.165) is 5.92 Å². The Morgan fingerprint density at radius 1 is 1.30 bits per heavy atom. The minimum Gasteiger partial charge on any atom is -0.302 e. The molecule has 0 aromatic rings. The molecule has 2 fully saturated rings. The van der Waals surface area contributed by atoms with Crippen LogP contribution in [0.25, 0.3) is 0 Å². The molecule has 1 nitrogen and oxygen atoms in total. The molecule has 0 radical (unpaired) electrons. The second-order valence-electron chi connectivity index (χ2n) is 3.65. The molecule has 2 rings (SSSR count). The number of hydrogen-bond donors (Lipinski definition) is 1. The molecule has 1 heterocycles. The van der Waals surface area contributed by atoms with E-state index in [4.69, 9.17) is 0 Å². The Morgan fingerprint density at radius 2 is 2.10 bits per heavy atom. The van der Waals surface area contributed by atoms with Crippen LogP contribution in [0.4, 0.5) is 0 Å². The summed E-state index contributed by atoms with van der Waals surface area (Å²) in [7, 11) is 0. The lowest BCUT2D eigenvalue weighted by atomic mass is 10.4. The van der Waals surface area contributed by atoms with Crippen molar-refractivity contribution < 1.29 is 0 Å². The highest BCUT2D eigenvalue weighted by molar-refractivity contribution is 7.81. The van der Waals surface area contributed by atoms with E-state index in [-0.39, 0.29) is 0 Å². The zero-order valence-corrected chi connectivity index (χ0v) is 7.19. The Balaban J connectivity index is 1.72. The summed E-state index contributed by atoms with van der Waals surface area (Å²) >= 11 is 4.45. The summed E-state index contributed by atoms with van der Waals surface area (Å²) in [6.45, 7) is 3.89. The summed E-state index contributed by atoms with van der Waals surface area (Å²) < 4.78 is 0. The van der Waals surface area contributed by atoms with Gasteiger partial charge in [0.05, 0.1) is 0 Å². The van der Waals surface area contributed by atoms with Crippen molar-refractivity contribution in [2.24, 2.45) is 5.92 Å². The SMILES string of the molecule is SC1CCN(CC2CC2)C1. The van der Waals surface area contributed by atoms with E-state index in [0.29, 0.717) is 5.25 Å². The molecule has 1 atom stereocenters. The summed E-state index contributed by atoms with van der Waals surface area (Å²) in [5.41, 5.74) is 0. The predicted molar refractivity (Wildman–Crippen MR) is 46.6 cm³/mol. The van der Waals surface area contributed by atoms with Crippen LogP contribution in [0.3, 0.4) is 0 Å². The van der Waals surface area contributed by atoms with E-state index >= 15 is 0 Å². The minimum absolute atomic E-state index is 0.666. The van der Waals surface area contributed by atoms with Crippen LogP contribution in [-0.2, 0) is 0 Å². The van der Waals surface area contributed by atoms with E-state index in [1.165, 1.54) is 38.9 Å². The van der Waals surface area contributed by atoms with Crippen molar-refractivity contribution in [3.63, 3.8) is 0 Å². The monoisotopic (exact) mass is 157 g/mol. The molecule has 0 N–H and O–H groups in total. The summed E-state index contributed by atoms with van der Waals surface area (Å²) in [6, 6.07) is 0. The van der Waals surface area contributed by atoms with E-state index in [1.807, 2.05) is 0 Å². The van der Waals surface area contributed by atoms with Crippen molar-refractivity contribution in [3.05, 3.63) is 0 Å². The number of nitrogens with zero attached hydrogens (tertiary/aromatic N) is 1. The molecule has 10 heavy (non-hydrogen) atoms. The quantitative estimate of drug-likeness (QED) is 0.593. The molecule has 58 valence electrons. The molecule has 1 saturated carbocycles. The molecule has 0 amide bonds. The van der Waals surface area contributed by atoms with Crippen LogP contribution in [0.15, 0.2) is 0 Å². The van der Waals surface area contributed by atoms with Gasteiger partial charge in [0.15, 0.2) is 0 Å². The zero-order valence-electron chi connectivity index (χ0n) is 6.29. The average molecular weight is 157 g/mol. The fraction of sp³-hybridized carbons (Fsp3) is 1.00. The van der Waals surface area contributed by atoms with E-state index < -0.39 is 0 Å². The Morgan fingerprint density at radius 3 is 2.60 bits per heavy atom. The molecule has 2 heteroatoms. The Bertz CT molecular complexity index is 122. The Kier molecular flexibility index (Phi) is 1.92. The molecule has 1 aliphatic heterocycles. The van der Waals surface area contributed by atoms with Crippen LogP contribution in [0.2, 0.25) is 0 Å². The predicted octanol–water partition coefficient (Wildman–Crippen LogP) is 1.40. The van der Waals surface area contributed by atoms with Gasteiger partial charge in [-0.3, -0.25) is 0 Å². The lowest BCUT2D eigenvalue weighted by Crippen LogP contribution is -2.23. The van der Waals surface area contributed by atoms with Crippen LogP contribution < -0.4 is 0 Å². The first-order chi connectivity index (χ1) is 4.84. The first kappa shape index (κ1) is 6.99. The lowest BCUT2D eigenvalue weighted by molar-refractivity contribution is 0.325. The van der Waals surface area contributed by atoms with Crippen molar-refractivity contribution in [1.82, 2.24) is 4.90 Å². The Hall–Kier alpha value is 0.310. The van der Waals surface area contributed by atoms with Gasteiger partial charge >= 0.3 is 0 Å². The van der Waals surface area contributed by atoms with Gasteiger partial charge in [0.1, 0.15) is 0 Å². The molecule has 1 saturated heterocycles. The first-order valence-corrected chi connectivity index (χ1v) is 4.76. The number of hydrogen-bond acceptors (Lipinski definition) is 2. The van der Waals surface area contributed by atoms with E-state index in [9.17, 15) is 0 Å². The topological polar surface area (TPSA) is 3.24 Å². The van der Waals surface area contributed by atoms with Gasteiger partial charge in [0.25, 0.3) is 0 Å². The third-order valence-corrected chi connectivity index (χ3v) is 2.88. The van der Waals surface area contributed by atoms with Gasteiger partial charge in [-0.15, -0.1) is 0 Å². The smallest absolute Gasteiger partial charge is 0.0156 e. The van der Waals surface area contributed by atoms with Crippen LogP contribution in [0, 0.1) is 5.92 Å². The van der Waals surface area contributed by atoms with Crippen LogP contribution in [-0.4, -0.2) is 29.8 Å². The molecular weight excluding hydrogens is 142 g/mol. The number of thiol groups is 1. The summed E-state index contributed by atoms with van der Waals surface area (Å²) in [6.07, 6.45) is 4.26. The standard InChI is InChI=1S/C8H15NS/c10-8-3-4-9(6-8)5-7-1-2-7/h7-8,10H,1-6H2. The third-order valence-electron chi connectivity index (χ3n) is 2.46. The number of rotatable bonds is 2. The van der Waals surface area contributed by atoms with Crippen molar-refractivity contribution >= 4 is 12.6 Å². The molecule has 0 aromatic heterocycles. The van der Waals surface area contributed by atoms with E-state index in [2.05, 4.69) is 17.5 Å². The number of likely N-dealkylation sites (tertiary alicyclic amines) is 1. The van der Waals surface area contributed by atoms with Crippen LogP contribution in [0.5, 0.6) is 0 Å². The second kappa shape index (κ2) is 2.74. The molecule has 2 aliphatic rings. The van der Waals surface area contributed by atoms with Gasteiger partial charge in [-0.1, -0.05) is 0 Å². The van der Waals surface area contributed by atoms with Gasteiger partial charge in [0, 0.05) is 18.3 Å². The highest BCUT2D eigenvalue weighted by Crippen LogP contribution is 2.31. The fourth-order valence-corrected chi connectivity index (χ4v) is 1.99. The van der Waals surface area contributed by atoms with Crippen LogP contribution >= 0.6 is 12.6 Å². The molecule has 1 aliphatic carbocycles. The minimum atomic E-state index is 0.666. The average Bonchev–Trinajstić information content (AvgIpc) is 2.59. The molecule has 0 aromatic carbocycles. The van der Waals surface area contributed by atoms with Crippen molar-refractivity contribution in [1.29, 1.82) is 0 Å². The summed E-state index contributed by atoms with van der Waals surface area (Å²) in [5.74, 6) is 1.05. The maximum atomic E-state index is 4.45. The van der Waals surface area contributed by atoms with E-state index in [1.54, 1.807) is 0 Å². The Labute approximate surface area is 68.2 Å². The van der Waals surface area contributed by atoms with Crippen molar-refractivity contribution in [2.75, 3.05) is 19.6 Å². The zero-order chi connectivity index (χ0) is 6.97.